The maximum Gasteiger partial charge on any atom is 0.111 e. The van der Waals surface area contributed by atoms with E-state index in [-0.39, 0.29) is 26.2 Å². The number of hydrogen-bond acceptors (Lipinski definition) is 12. The van der Waals surface area contributed by atoms with Gasteiger partial charge in [0.25, 0.3) is 0 Å². The zero-order chi connectivity index (χ0) is 21.1. The lowest BCUT2D eigenvalue weighted by atomic mass is 10.0. The Morgan fingerprint density at radius 2 is 0.963 bits per heavy atom. The molecule has 0 aliphatic carbocycles. The molecule has 0 aliphatic heterocycles. The zero-order valence-electron chi connectivity index (χ0n) is 15.2. The Balaban J connectivity index is 4.91. The standard InChI is InChI=1S/C15H33NO11/c1-27-3-2-16(4-8(19)12(23)14(25)10(21)6-17)5-9(20)13(24)15(26)11(22)7-18/h8-15,17-26H,2-7H2,1H3/t8-,9-,10+,11+,12+,13+,14+,15+/m0/s1. The molecule has 27 heavy (non-hydrogen) atoms. The first-order valence-corrected chi connectivity index (χ1v) is 8.48. The molecule has 0 aromatic carbocycles. The van der Waals surface area contributed by atoms with E-state index in [1.807, 2.05) is 0 Å². The van der Waals surface area contributed by atoms with Crippen LogP contribution in [0.3, 0.4) is 0 Å². The minimum Gasteiger partial charge on any atom is -0.394 e. The van der Waals surface area contributed by atoms with Crippen molar-refractivity contribution in [3.05, 3.63) is 0 Å². The van der Waals surface area contributed by atoms with Gasteiger partial charge in [0.05, 0.1) is 32.0 Å². The van der Waals surface area contributed by atoms with Gasteiger partial charge in [-0.05, 0) is 0 Å². The summed E-state index contributed by atoms with van der Waals surface area (Å²) in [7, 11) is 1.40. The summed E-state index contributed by atoms with van der Waals surface area (Å²) in [5.41, 5.74) is 0. The Hall–Kier alpha value is -0.480. The first-order chi connectivity index (χ1) is 12.6. The van der Waals surface area contributed by atoms with E-state index in [0.717, 1.165) is 0 Å². The van der Waals surface area contributed by atoms with Crippen LogP contribution in [0, 0.1) is 0 Å². The molecule has 0 aromatic rings. The van der Waals surface area contributed by atoms with Crippen molar-refractivity contribution in [2.75, 3.05) is 46.6 Å². The number of methoxy groups -OCH3 is 1. The highest BCUT2D eigenvalue weighted by molar-refractivity contribution is 4.86. The molecule has 8 atom stereocenters. The van der Waals surface area contributed by atoms with Gasteiger partial charge in [0.15, 0.2) is 0 Å². The summed E-state index contributed by atoms with van der Waals surface area (Å²) in [6.07, 6.45) is -13.7. The quantitative estimate of drug-likeness (QED) is 0.124. The van der Waals surface area contributed by atoms with Gasteiger partial charge in [0.1, 0.15) is 36.6 Å². The molecule has 0 amide bonds. The van der Waals surface area contributed by atoms with Crippen LogP contribution in [0.15, 0.2) is 0 Å². The van der Waals surface area contributed by atoms with Crippen molar-refractivity contribution < 1.29 is 55.8 Å². The third-order valence-corrected chi connectivity index (χ3v) is 4.15. The smallest absolute Gasteiger partial charge is 0.111 e. The topological polar surface area (TPSA) is 215 Å². The number of ether oxygens (including phenoxy) is 1. The molecule has 0 radical (unpaired) electrons. The summed E-state index contributed by atoms with van der Waals surface area (Å²) in [4.78, 5) is 1.35. The van der Waals surface area contributed by atoms with Gasteiger partial charge in [0, 0.05) is 26.7 Å². The molecule has 0 aliphatic rings. The van der Waals surface area contributed by atoms with Crippen molar-refractivity contribution in [3.63, 3.8) is 0 Å². The summed E-state index contributed by atoms with van der Waals surface area (Å²) >= 11 is 0. The molecule has 0 aromatic heterocycles. The molecule has 0 fully saturated rings. The van der Waals surface area contributed by atoms with E-state index >= 15 is 0 Å². The van der Waals surface area contributed by atoms with E-state index in [4.69, 9.17) is 14.9 Å². The van der Waals surface area contributed by atoms with Gasteiger partial charge in [-0.3, -0.25) is 4.90 Å². The van der Waals surface area contributed by atoms with Crippen LogP contribution >= 0.6 is 0 Å². The Kier molecular flexibility index (Phi) is 13.4. The average molecular weight is 403 g/mol. The predicted octanol–water partition coefficient (Wildman–Crippen LogP) is -6.19. The van der Waals surface area contributed by atoms with Crippen LogP contribution in [0.1, 0.15) is 0 Å². The summed E-state index contributed by atoms with van der Waals surface area (Å²) < 4.78 is 4.89. The summed E-state index contributed by atoms with van der Waals surface area (Å²) in [6.45, 7) is -2.01. The third-order valence-electron chi connectivity index (χ3n) is 4.15. The van der Waals surface area contributed by atoms with Gasteiger partial charge in [-0.25, -0.2) is 0 Å². The highest BCUT2D eigenvalue weighted by Gasteiger charge is 2.34. The van der Waals surface area contributed by atoms with Crippen LogP contribution in [0.4, 0.5) is 0 Å². The van der Waals surface area contributed by atoms with Crippen LogP contribution in [0.2, 0.25) is 0 Å². The highest BCUT2D eigenvalue weighted by Crippen LogP contribution is 2.10. The van der Waals surface area contributed by atoms with Gasteiger partial charge in [-0.2, -0.15) is 0 Å². The summed E-state index contributed by atoms with van der Waals surface area (Å²) in [5.74, 6) is 0. The Morgan fingerprint density at radius 3 is 1.26 bits per heavy atom. The molecular weight excluding hydrogens is 370 g/mol. The lowest BCUT2D eigenvalue weighted by molar-refractivity contribution is -0.131. The van der Waals surface area contributed by atoms with Crippen molar-refractivity contribution in [2.24, 2.45) is 0 Å². The maximum atomic E-state index is 10.0. The van der Waals surface area contributed by atoms with Crippen molar-refractivity contribution in [2.45, 2.75) is 48.8 Å². The first kappa shape index (κ1) is 26.5. The predicted molar refractivity (Wildman–Crippen MR) is 90.5 cm³/mol. The molecule has 10 N–H and O–H groups in total. The van der Waals surface area contributed by atoms with E-state index in [2.05, 4.69) is 0 Å². The Bertz CT molecular complexity index is 348. The Morgan fingerprint density at radius 1 is 0.630 bits per heavy atom. The van der Waals surface area contributed by atoms with E-state index in [9.17, 15) is 40.9 Å². The number of aliphatic hydroxyl groups excluding tert-OH is 10. The van der Waals surface area contributed by atoms with Gasteiger partial charge in [0.2, 0.25) is 0 Å². The van der Waals surface area contributed by atoms with Gasteiger partial charge in [-0.1, -0.05) is 0 Å². The van der Waals surface area contributed by atoms with Crippen LogP contribution in [0.25, 0.3) is 0 Å². The van der Waals surface area contributed by atoms with Crippen LogP contribution in [-0.2, 0) is 4.74 Å². The van der Waals surface area contributed by atoms with E-state index in [0.29, 0.717) is 0 Å². The number of hydrogen-bond donors (Lipinski definition) is 10. The lowest BCUT2D eigenvalue weighted by Gasteiger charge is -2.33. The van der Waals surface area contributed by atoms with E-state index in [1.54, 1.807) is 0 Å². The van der Waals surface area contributed by atoms with Crippen molar-refractivity contribution in [1.82, 2.24) is 4.90 Å². The molecule has 0 unspecified atom stereocenters. The normalized spacial score (nSPS) is 21.3. The molecule has 12 nitrogen and oxygen atoms in total. The van der Waals surface area contributed by atoms with E-state index in [1.165, 1.54) is 12.0 Å². The molecule has 0 spiro atoms. The van der Waals surface area contributed by atoms with Crippen LogP contribution in [0.5, 0.6) is 0 Å². The number of aliphatic hydroxyl groups is 10. The average Bonchev–Trinajstić information content (AvgIpc) is 2.67. The molecule has 164 valence electrons. The number of nitrogens with zero attached hydrogens (tertiary/aromatic N) is 1. The van der Waals surface area contributed by atoms with Crippen LogP contribution < -0.4 is 0 Å². The van der Waals surface area contributed by atoms with Gasteiger partial charge < -0.3 is 55.8 Å². The SMILES string of the molecule is COCCN(C[C@H](O)[C@@H](O)[C@H](O)[C@H](O)CO)C[C@H](O)[C@@H](O)[C@H](O)[C@H](O)CO. The fraction of sp³-hybridized carbons (Fsp3) is 1.00. The molecule has 0 saturated carbocycles. The zero-order valence-corrected chi connectivity index (χ0v) is 15.2. The van der Waals surface area contributed by atoms with Crippen molar-refractivity contribution in [1.29, 1.82) is 0 Å². The second-order valence-electron chi connectivity index (χ2n) is 6.35. The largest absolute Gasteiger partial charge is 0.394 e. The molecule has 12 heteroatoms. The molecule has 0 saturated heterocycles. The van der Waals surface area contributed by atoms with Crippen molar-refractivity contribution >= 4 is 0 Å². The van der Waals surface area contributed by atoms with E-state index < -0.39 is 62.0 Å². The minimum absolute atomic E-state index is 0.126. The minimum atomic E-state index is -1.81. The highest BCUT2D eigenvalue weighted by atomic mass is 16.5. The molecule has 0 bridgehead atoms. The third kappa shape index (κ3) is 9.04. The van der Waals surface area contributed by atoms with Gasteiger partial charge >= 0.3 is 0 Å². The summed E-state index contributed by atoms with van der Waals surface area (Å²) in [5, 5.41) is 95.3. The molecule has 0 rings (SSSR count). The first-order valence-electron chi connectivity index (χ1n) is 8.48. The van der Waals surface area contributed by atoms with Crippen LogP contribution in [-0.4, -0.2) is 151 Å². The maximum absolute atomic E-state index is 10.0. The summed E-state index contributed by atoms with van der Waals surface area (Å²) in [6, 6.07) is 0. The molecular formula is C15H33NO11. The second kappa shape index (κ2) is 13.7. The fourth-order valence-electron chi connectivity index (χ4n) is 2.35. The second-order valence-corrected chi connectivity index (χ2v) is 6.35. The fourth-order valence-corrected chi connectivity index (χ4v) is 2.35. The Labute approximate surface area is 157 Å². The number of rotatable bonds is 15. The van der Waals surface area contributed by atoms with Gasteiger partial charge in [-0.15, -0.1) is 0 Å². The lowest BCUT2D eigenvalue weighted by Crippen LogP contribution is -2.53. The monoisotopic (exact) mass is 403 g/mol. The molecule has 0 heterocycles. The van der Waals surface area contributed by atoms with Crippen molar-refractivity contribution in [3.8, 4) is 0 Å².